The Kier molecular flexibility index (Phi) is 6.32. The van der Waals surface area contributed by atoms with E-state index >= 15 is 0 Å². The Balaban J connectivity index is 1.88. The van der Waals surface area contributed by atoms with Crippen LogP contribution >= 0.6 is 0 Å². The number of ether oxygens (including phenoxy) is 1. The molecule has 0 aliphatic rings. The SMILES string of the molecule is Cc1cccc(NC(=O)NN=Cc2ccc(OC(C)C(=O)O)cc2)c1C. The summed E-state index contributed by atoms with van der Waals surface area (Å²) in [5.74, 6) is -0.590. The molecule has 2 aromatic rings. The van der Waals surface area contributed by atoms with Crippen molar-refractivity contribution in [1.82, 2.24) is 5.43 Å². The molecule has 0 heterocycles. The van der Waals surface area contributed by atoms with Gasteiger partial charge in [0.05, 0.1) is 6.21 Å². The molecule has 0 aromatic heterocycles. The predicted octanol–water partition coefficient (Wildman–Crippen LogP) is 3.31. The fourth-order valence-electron chi connectivity index (χ4n) is 2.09. The average Bonchev–Trinajstić information content (AvgIpc) is 2.60. The van der Waals surface area contributed by atoms with Crippen LogP contribution in [0.15, 0.2) is 47.6 Å². The van der Waals surface area contributed by atoms with Crippen LogP contribution in [0.2, 0.25) is 0 Å². The molecule has 2 rings (SSSR count). The molecule has 3 N–H and O–H groups in total. The molecule has 0 spiro atoms. The van der Waals surface area contributed by atoms with Crippen LogP contribution < -0.4 is 15.5 Å². The van der Waals surface area contributed by atoms with Gasteiger partial charge in [-0.3, -0.25) is 0 Å². The van der Waals surface area contributed by atoms with Crippen LogP contribution in [-0.2, 0) is 4.79 Å². The Morgan fingerprint density at radius 1 is 1.15 bits per heavy atom. The first-order chi connectivity index (χ1) is 12.4. The number of carbonyl (C=O) groups is 2. The number of rotatable bonds is 6. The number of nitrogens with one attached hydrogen (secondary N) is 2. The number of aryl methyl sites for hydroxylation is 1. The van der Waals surface area contributed by atoms with E-state index in [1.54, 1.807) is 24.3 Å². The quantitative estimate of drug-likeness (QED) is 0.547. The number of carbonyl (C=O) groups excluding carboxylic acids is 1. The molecule has 2 aromatic carbocycles. The maximum Gasteiger partial charge on any atom is 0.344 e. The molecule has 0 radical (unpaired) electrons. The van der Waals surface area contributed by atoms with Gasteiger partial charge in [0.2, 0.25) is 0 Å². The van der Waals surface area contributed by atoms with Crippen molar-refractivity contribution in [3.8, 4) is 5.75 Å². The third kappa shape index (κ3) is 5.34. The van der Waals surface area contributed by atoms with E-state index in [1.165, 1.54) is 13.1 Å². The van der Waals surface area contributed by atoms with Gasteiger partial charge in [-0.2, -0.15) is 5.10 Å². The molecule has 1 unspecified atom stereocenters. The second-order valence-corrected chi connectivity index (χ2v) is 5.74. The lowest BCUT2D eigenvalue weighted by molar-refractivity contribution is -0.144. The third-order valence-electron chi connectivity index (χ3n) is 3.77. The molecule has 0 bridgehead atoms. The number of amides is 2. The molecule has 7 nitrogen and oxygen atoms in total. The first-order valence-electron chi connectivity index (χ1n) is 8.02. The summed E-state index contributed by atoms with van der Waals surface area (Å²) in [6.07, 6.45) is 0.553. The predicted molar refractivity (Wildman–Crippen MR) is 99.8 cm³/mol. The molecule has 7 heteroatoms. The van der Waals surface area contributed by atoms with Crippen molar-refractivity contribution in [2.45, 2.75) is 26.9 Å². The number of hydrogen-bond donors (Lipinski definition) is 3. The van der Waals surface area contributed by atoms with Crippen molar-refractivity contribution >= 4 is 23.9 Å². The number of urea groups is 1. The highest BCUT2D eigenvalue weighted by molar-refractivity contribution is 5.91. The first-order valence-corrected chi connectivity index (χ1v) is 8.02. The van der Waals surface area contributed by atoms with E-state index in [-0.39, 0.29) is 0 Å². The smallest absolute Gasteiger partial charge is 0.344 e. The fraction of sp³-hybridized carbons (Fsp3) is 0.211. The topological polar surface area (TPSA) is 100 Å². The summed E-state index contributed by atoms with van der Waals surface area (Å²) in [6, 6.07) is 11.9. The van der Waals surface area contributed by atoms with Gasteiger partial charge in [-0.1, -0.05) is 12.1 Å². The van der Waals surface area contributed by atoms with E-state index in [1.807, 2.05) is 32.0 Å². The summed E-state index contributed by atoms with van der Waals surface area (Å²) in [5, 5.41) is 15.4. The zero-order chi connectivity index (χ0) is 19.1. The lowest BCUT2D eigenvalue weighted by Crippen LogP contribution is -2.24. The van der Waals surface area contributed by atoms with Crippen LogP contribution in [0.1, 0.15) is 23.6 Å². The molecule has 2 amide bonds. The summed E-state index contributed by atoms with van der Waals surface area (Å²) in [6.45, 7) is 5.36. The van der Waals surface area contributed by atoms with Crippen LogP contribution in [0.5, 0.6) is 5.75 Å². The minimum atomic E-state index is -1.03. The summed E-state index contributed by atoms with van der Waals surface area (Å²) in [7, 11) is 0. The molecule has 0 aliphatic heterocycles. The molecular weight excluding hydrogens is 334 g/mol. The van der Waals surface area contributed by atoms with Crippen molar-refractivity contribution in [2.75, 3.05) is 5.32 Å². The Bertz CT molecular complexity index is 816. The molecule has 1 atom stereocenters. The van der Waals surface area contributed by atoms with E-state index in [0.29, 0.717) is 5.75 Å². The number of aliphatic carboxylic acids is 1. The van der Waals surface area contributed by atoms with Gasteiger partial charge in [-0.05, 0) is 67.8 Å². The Morgan fingerprint density at radius 3 is 2.50 bits per heavy atom. The molecule has 0 saturated carbocycles. The molecule has 136 valence electrons. The number of benzene rings is 2. The second-order valence-electron chi connectivity index (χ2n) is 5.74. The van der Waals surface area contributed by atoms with E-state index in [4.69, 9.17) is 9.84 Å². The fourth-order valence-corrected chi connectivity index (χ4v) is 2.09. The Hall–Kier alpha value is -3.35. The largest absolute Gasteiger partial charge is 0.479 e. The first kappa shape index (κ1) is 19.0. The lowest BCUT2D eigenvalue weighted by Gasteiger charge is -2.10. The Morgan fingerprint density at radius 2 is 1.85 bits per heavy atom. The van der Waals surface area contributed by atoms with Gasteiger partial charge >= 0.3 is 12.0 Å². The molecule has 0 saturated heterocycles. The highest BCUT2D eigenvalue weighted by Gasteiger charge is 2.11. The summed E-state index contributed by atoms with van der Waals surface area (Å²) in [5.41, 5.74) is 5.94. The van der Waals surface area contributed by atoms with E-state index in [0.717, 1.165) is 22.4 Å². The minimum absolute atomic E-state index is 0.440. The van der Waals surface area contributed by atoms with Crippen molar-refractivity contribution in [3.05, 3.63) is 59.2 Å². The number of carboxylic acids is 1. The molecule has 0 fully saturated rings. The van der Waals surface area contributed by atoms with Crippen LogP contribution in [0.3, 0.4) is 0 Å². The van der Waals surface area contributed by atoms with Gasteiger partial charge in [0, 0.05) is 5.69 Å². The van der Waals surface area contributed by atoms with Gasteiger partial charge in [-0.25, -0.2) is 15.0 Å². The molecule has 0 aliphatic carbocycles. The zero-order valence-electron chi connectivity index (χ0n) is 14.8. The monoisotopic (exact) mass is 355 g/mol. The number of nitrogens with zero attached hydrogens (tertiary/aromatic N) is 1. The normalized spacial score (nSPS) is 11.8. The minimum Gasteiger partial charge on any atom is -0.479 e. The van der Waals surface area contributed by atoms with Gasteiger partial charge in [-0.15, -0.1) is 0 Å². The van der Waals surface area contributed by atoms with Gasteiger partial charge in [0.1, 0.15) is 5.75 Å². The van der Waals surface area contributed by atoms with Crippen molar-refractivity contribution in [3.63, 3.8) is 0 Å². The van der Waals surface area contributed by atoms with Gasteiger partial charge < -0.3 is 15.2 Å². The number of carboxylic acid groups (broad SMARTS) is 1. The number of hydrazone groups is 1. The summed E-state index contributed by atoms with van der Waals surface area (Å²) < 4.78 is 5.24. The maximum atomic E-state index is 11.9. The average molecular weight is 355 g/mol. The Labute approximate surface area is 151 Å². The number of anilines is 1. The highest BCUT2D eigenvalue weighted by Crippen LogP contribution is 2.17. The van der Waals surface area contributed by atoms with Gasteiger partial charge in [0.15, 0.2) is 6.10 Å². The third-order valence-corrected chi connectivity index (χ3v) is 3.77. The second kappa shape index (κ2) is 8.66. The van der Waals surface area contributed by atoms with Crippen molar-refractivity contribution < 1.29 is 19.4 Å². The summed E-state index contributed by atoms with van der Waals surface area (Å²) >= 11 is 0. The van der Waals surface area contributed by atoms with Crippen LogP contribution in [0, 0.1) is 13.8 Å². The van der Waals surface area contributed by atoms with Crippen LogP contribution in [0.4, 0.5) is 10.5 Å². The standard InChI is InChI=1S/C19H21N3O4/c1-12-5-4-6-17(13(12)2)21-19(25)22-20-11-15-7-9-16(10-8-15)26-14(3)18(23)24/h4-11,14H,1-3H3,(H,23,24)(H2,21,22,25). The van der Waals surface area contributed by atoms with Gasteiger partial charge in [0.25, 0.3) is 0 Å². The van der Waals surface area contributed by atoms with Crippen LogP contribution in [0.25, 0.3) is 0 Å². The highest BCUT2D eigenvalue weighted by atomic mass is 16.5. The van der Waals surface area contributed by atoms with E-state index in [2.05, 4.69) is 15.8 Å². The van der Waals surface area contributed by atoms with E-state index < -0.39 is 18.1 Å². The maximum absolute atomic E-state index is 11.9. The van der Waals surface area contributed by atoms with Crippen molar-refractivity contribution in [2.24, 2.45) is 5.10 Å². The van der Waals surface area contributed by atoms with E-state index in [9.17, 15) is 9.59 Å². The number of hydrogen-bond acceptors (Lipinski definition) is 4. The lowest BCUT2D eigenvalue weighted by atomic mass is 10.1. The zero-order valence-corrected chi connectivity index (χ0v) is 14.8. The molecule has 26 heavy (non-hydrogen) atoms. The van der Waals surface area contributed by atoms with Crippen LogP contribution in [-0.4, -0.2) is 29.4 Å². The molecular formula is C19H21N3O4. The summed E-state index contributed by atoms with van der Waals surface area (Å²) in [4.78, 5) is 22.6. The van der Waals surface area contributed by atoms with Crippen molar-refractivity contribution in [1.29, 1.82) is 0 Å².